The topological polar surface area (TPSA) is 58.3 Å². The molecule has 0 amide bonds. The van der Waals surface area contributed by atoms with E-state index in [1.54, 1.807) is 4.57 Å². The number of aromatic nitrogens is 1. The smallest absolute Gasteiger partial charge is 0.418 e. The van der Waals surface area contributed by atoms with Crippen LogP contribution in [0.1, 0.15) is 60.9 Å². The number of rotatable bonds is 3. The van der Waals surface area contributed by atoms with E-state index in [1.165, 1.54) is 16.7 Å². The largest absolute Gasteiger partial charge is 0.443 e. The molecule has 2 atom stereocenters. The monoisotopic (exact) mass is 457 g/mol. The van der Waals surface area contributed by atoms with Crippen LogP contribution in [0.3, 0.4) is 0 Å². The number of benzene rings is 2. The standard InChI is InChI=1S/C29H35N3O2/c1-19-15-20(2)27-24(12-14-32(27)28(33)34-29(3,4)5)25(19)16-23-11-13-31(6)18-26(23)22-9-7-21(17-30)8-10-22/h7-10,12,14-15,23,26H,11,13,16,18H2,1-6H3/t23-,26-/m0/s1. The number of nitrogens with zero attached hydrogens (tertiary/aromatic N) is 3. The molecular weight excluding hydrogens is 422 g/mol. The average molecular weight is 458 g/mol. The van der Waals surface area contributed by atoms with Crippen LogP contribution in [-0.2, 0) is 11.2 Å². The Balaban J connectivity index is 1.71. The third kappa shape index (κ3) is 4.88. The number of ether oxygens (including phenoxy) is 1. The minimum Gasteiger partial charge on any atom is -0.443 e. The summed E-state index contributed by atoms with van der Waals surface area (Å²) in [5.74, 6) is 0.883. The first-order valence-electron chi connectivity index (χ1n) is 12.1. The number of carbonyl (C=O) groups excluding carboxylic acids is 1. The van der Waals surface area contributed by atoms with Crippen molar-refractivity contribution in [1.29, 1.82) is 5.26 Å². The van der Waals surface area contributed by atoms with E-state index in [0.29, 0.717) is 17.4 Å². The minimum absolute atomic E-state index is 0.338. The Morgan fingerprint density at radius 3 is 2.50 bits per heavy atom. The van der Waals surface area contributed by atoms with Crippen molar-refractivity contribution < 1.29 is 9.53 Å². The number of hydrogen-bond acceptors (Lipinski definition) is 4. The molecule has 1 saturated heterocycles. The Kier molecular flexibility index (Phi) is 6.55. The number of aryl methyl sites for hydroxylation is 2. The highest BCUT2D eigenvalue weighted by Gasteiger charge is 2.30. The van der Waals surface area contributed by atoms with Crippen molar-refractivity contribution in [3.8, 4) is 6.07 Å². The highest BCUT2D eigenvalue weighted by Crippen LogP contribution is 2.37. The van der Waals surface area contributed by atoms with Crippen LogP contribution in [0.15, 0.2) is 42.6 Å². The summed E-state index contributed by atoms with van der Waals surface area (Å²) in [6, 6.07) is 14.6. The summed E-state index contributed by atoms with van der Waals surface area (Å²) in [7, 11) is 2.18. The van der Waals surface area contributed by atoms with Crippen molar-refractivity contribution in [3.63, 3.8) is 0 Å². The molecule has 0 unspecified atom stereocenters. The van der Waals surface area contributed by atoms with Crippen molar-refractivity contribution in [2.45, 2.75) is 59.0 Å². The Labute approximate surface area is 202 Å². The van der Waals surface area contributed by atoms with Crippen LogP contribution < -0.4 is 0 Å². The molecule has 0 bridgehead atoms. The molecule has 3 aromatic rings. The molecule has 4 rings (SSSR count). The van der Waals surface area contributed by atoms with Crippen molar-refractivity contribution in [2.75, 3.05) is 20.1 Å². The predicted octanol–water partition coefficient (Wildman–Crippen LogP) is 6.19. The van der Waals surface area contributed by atoms with Gasteiger partial charge in [0.25, 0.3) is 0 Å². The first-order chi connectivity index (χ1) is 16.1. The summed E-state index contributed by atoms with van der Waals surface area (Å²) in [5, 5.41) is 10.3. The Morgan fingerprint density at radius 2 is 1.85 bits per heavy atom. The fourth-order valence-electron chi connectivity index (χ4n) is 5.36. The zero-order valence-corrected chi connectivity index (χ0v) is 21.2. The van der Waals surface area contributed by atoms with Gasteiger partial charge in [0.15, 0.2) is 0 Å². The molecule has 34 heavy (non-hydrogen) atoms. The van der Waals surface area contributed by atoms with Crippen LogP contribution in [0.25, 0.3) is 10.9 Å². The molecule has 178 valence electrons. The lowest BCUT2D eigenvalue weighted by Gasteiger charge is -2.37. The second kappa shape index (κ2) is 9.27. The van der Waals surface area contributed by atoms with Gasteiger partial charge in [0, 0.05) is 18.1 Å². The van der Waals surface area contributed by atoms with E-state index in [9.17, 15) is 10.1 Å². The van der Waals surface area contributed by atoms with E-state index in [2.05, 4.69) is 56.1 Å². The molecule has 1 aliphatic heterocycles. The molecule has 0 saturated carbocycles. The van der Waals surface area contributed by atoms with Gasteiger partial charge in [-0.15, -0.1) is 0 Å². The quantitative estimate of drug-likeness (QED) is 0.470. The van der Waals surface area contributed by atoms with E-state index in [-0.39, 0.29) is 6.09 Å². The number of piperidine rings is 1. The number of carbonyl (C=O) groups is 1. The van der Waals surface area contributed by atoms with Gasteiger partial charge >= 0.3 is 6.09 Å². The summed E-state index contributed by atoms with van der Waals surface area (Å²) in [4.78, 5) is 15.3. The van der Waals surface area contributed by atoms with Crippen LogP contribution in [-0.4, -0.2) is 41.3 Å². The highest BCUT2D eigenvalue weighted by atomic mass is 16.6. The van der Waals surface area contributed by atoms with Crippen LogP contribution in [0, 0.1) is 31.1 Å². The number of likely N-dealkylation sites (tertiary alicyclic amines) is 1. The van der Waals surface area contributed by atoms with Crippen LogP contribution in [0.4, 0.5) is 4.79 Å². The maximum absolute atomic E-state index is 12.9. The first kappa shape index (κ1) is 24.0. The van der Waals surface area contributed by atoms with E-state index in [4.69, 9.17) is 4.74 Å². The van der Waals surface area contributed by atoms with Crippen molar-refractivity contribution >= 4 is 17.0 Å². The van der Waals surface area contributed by atoms with Crippen LogP contribution in [0.5, 0.6) is 0 Å². The number of fused-ring (bicyclic) bond motifs is 1. The molecule has 1 aromatic heterocycles. The Bertz CT molecular complexity index is 1240. The van der Waals surface area contributed by atoms with Crippen molar-refractivity contribution in [3.05, 3.63) is 70.4 Å². The second-order valence-electron chi connectivity index (χ2n) is 10.8. The zero-order chi connectivity index (χ0) is 24.6. The average Bonchev–Trinajstić information content (AvgIpc) is 3.22. The maximum atomic E-state index is 12.9. The number of likely N-dealkylation sites (N-methyl/N-ethyl adjacent to an activating group) is 1. The fourth-order valence-corrected chi connectivity index (χ4v) is 5.36. The fraction of sp³-hybridized carbons (Fsp3) is 0.448. The normalized spacial score (nSPS) is 19.2. The van der Waals surface area contributed by atoms with E-state index < -0.39 is 5.60 Å². The third-order valence-electron chi connectivity index (χ3n) is 6.98. The molecular formula is C29H35N3O2. The van der Waals surface area contributed by atoms with Crippen LogP contribution in [0.2, 0.25) is 0 Å². The molecule has 0 aliphatic carbocycles. The van der Waals surface area contributed by atoms with Gasteiger partial charge in [0.05, 0.1) is 17.1 Å². The number of nitriles is 1. The predicted molar refractivity (Wildman–Crippen MR) is 136 cm³/mol. The molecule has 1 aliphatic rings. The van der Waals surface area contributed by atoms with Gasteiger partial charge in [0.2, 0.25) is 0 Å². The SMILES string of the molecule is Cc1cc(C)c2c(ccn2C(=O)OC(C)(C)C)c1C[C@@H]1CCN(C)C[C@H]1c1ccc(C#N)cc1. The molecule has 2 aromatic carbocycles. The van der Waals surface area contributed by atoms with Crippen molar-refractivity contribution in [1.82, 2.24) is 9.47 Å². The van der Waals surface area contributed by atoms with Crippen LogP contribution >= 0.6 is 0 Å². The molecule has 5 heteroatoms. The molecule has 5 nitrogen and oxygen atoms in total. The van der Waals surface area contributed by atoms with Gasteiger partial charge in [-0.3, -0.25) is 4.57 Å². The van der Waals surface area contributed by atoms with Crippen molar-refractivity contribution in [2.24, 2.45) is 5.92 Å². The molecule has 0 spiro atoms. The minimum atomic E-state index is -0.544. The van der Waals surface area contributed by atoms with Gasteiger partial charge in [-0.2, -0.15) is 5.26 Å². The summed E-state index contributed by atoms with van der Waals surface area (Å²) in [5.41, 5.74) is 6.06. The second-order valence-corrected chi connectivity index (χ2v) is 10.8. The zero-order valence-electron chi connectivity index (χ0n) is 21.2. The summed E-state index contributed by atoms with van der Waals surface area (Å²) < 4.78 is 7.32. The molecule has 1 fully saturated rings. The molecule has 2 heterocycles. The Morgan fingerprint density at radius 1 is 1.15 bits per heavy atom. The summed E-state index contributed by atoms with van der Waals surface area (Å²) in [6.45, 7) is 12.0. The third-order valence-corrected chi connectivity index (χ3v) is 6.98. The van der Waals surface area contributed by atoms with E-state index in [0.717, 1.165) is 42.4 Å². The summed E-state index contributed by atoms with van der Waals surface area (Å²) in [6.07, 6.45) is 3.58. The lowest BCUT2D eigenvalue weighted by molar-refractivity contribution is 0.0544. The molecule has 0 radical (unpaired) electrons. The van der Waals surface area contributed by atoms with Gasteiger partial charge in [-0.25, -0.2) is 4.79 Å². The maximum Gasteiger partial charge on any atom is 0.418 e. The lowest BCUT2D eigenvalue weighted by Crippen LogP contribution is -2.37. The van der Waals surface area contributed by atoms with Gasteiger partial charge in [0.1, 0.15) is 5.60 Å². The lowest BCUT2D eigenvalue weighted by atomic mass is 9.76. The summed E-state index contributed by atoms with van der Waals surface area (Å²) >= 11 is 0. The molecule has 0 N–H and O–H groups in total. The number of hydrogen-bond donors (Lipinski definition) is 0. The van der Waals surface area contributed by atoms with Gasteiger partial charge in [-0.05, 0) is 113 Å². The van der Waals surface area contributed by atoms with Gasteiger partial charge in [-0.1, -0.05) is 18.2 Å². The highest BCUT2D eigenvalue weighted by molar-refractivity contribution is 5.94. The first-order valence-corrected chi connectivity index (χ1v) is 12.1. The van der Waals surface area contributed by atoms with E-state index >= 15 is 0 Å². The Hall–Kier alpha value is -3.10. The van der Waals surface area contributed by atoms with Gasteiger partial charge < -0.3 is 9.64 Å². The van der Waals surface area contributed by atoms with E-state index in [1.807, 2.05) is 39.1 Å².